The van der Waals surface area contributed by atoms with Gasteiger partial charge in [-0.15, -0.1) is 0 Å². The zero-order valence-electron chi connectivity index (χ0n) is 8.07. The van der Waals surface area contributed by atoms with E-state index in [9.17, 15) is 9.90 Å². The van der Waals surface area contributed by atoms with E-state index in [4.69, 9.17) is 5.11 Å². The molecule has 2 N–H and O–H groups in total. The van der Waals surface area contributed by atoms with Crippen LogP contribution in [0.25, 0.3) is 0 Å². The maximum absolute atomic E-state index is 10.9. The summed E-state index contributed by atoms with van der Waals surface area (Å²) in [5.74, 6) is -1.17. The van der Waals surface area contributed by atoms with E-state index in [0.29, 0.717) is 6.42 Å². The fourth-order valence-corrected chi connectivity index (χ4v) is 2.25. The first-order chi connectivity index (χ1) is 6.16. The average Bonchev–Trinajstić information content (AvgIpc) is 2.56. The molecule has 0 aromatic heterocycles. The molecule has 0 radical (unpaired) electrons. The summed E-state index contributed by atoms with van der Waals surface area (Å²) in [6, 6.07) is 0. The zero-order chi connectivity index (χ0) is 9.84. The highest BCUT2D eigenvalue weighted by Crippen LogP contribution is 2.33. The van der Waals surface area contributed by atoms with Crippen LogP contribution in [0.15, 0.2) is 0 Å². The Kier molecular flexibility index (Phi) is 3.72. The second-order valence-electron chi connectivity index (χ2n) is 3.88. The molecular formula is C10H18O3. The second-order valence-corrected chi connectivity index (χ2v) is 3.88. The van der Waals surface area contributed by atoms with Crippen molar-refractivity contribution >= 4 is 5.97 Å². The lowest BCUT2D eigenvalue weighted by Gasteiger charge is -2.23. The predicted molar refractivity (Wildman–Crippen MR) is 49.4 cm³/mol. The molecule has 2 atom stereocenters. The third-order valence-corrected chi connectivity index (χ3v) is 3.03. The van der Waals surface area contributed by atoms with Crippen molar-refractivity contribution in [1.29, 1.82) is 0 Å². The average molecular weight is 186 g/mol. The number of carboxylic acids is 1. The highest BCUT2D eigenvalue weighted by molar-refractivity contribution is 5.71. The van der Waals surface area contributed by atoms with Crippen LogP contribution < -0.4 is 0 Å². The molecule has 0 bridgehead atoms. The number of carbonyl (C=O) groups is 1. The van der Waals surface area contributed by atoms with Crippen LogP contribution in [-0.2, 0) is 4.79 Å². The Morgan fingerprint density at radius 2 is 2.00 bits per heavy atom. The van der Waals surface area contributed by atoms with Crippen molar-refractivity contribution in [1.82, 2.24) is 0 Å². The van der Waals surface area contributed by atoms with Crippen LogP contribution in [0.5, 0.6) is 0 Å². The van der Waals surface area contributed by atoms with Gasteiger partial charge in [0.2, 0.25) is 0 Å². The number of aliphatic hydroxyl groups excluding tert-OH is 1. The Labute approximate surface area is 78.8 Å². The van der Waals surface area contributed by atoms with Crippen molar-refractivity contribution < 1.29 is 15.0 Å². The number of aliphatic hydroxyl groups is 1. The minimum atomic E-state index is -0.832. The molecule has 0 aromatic rings. The molecule has 13 heavy (non-hydrogen) atoms. The fourth-order valence-electron chi connectivity index (χ4n) is 2.25. The Balaban J connectivity index is 2.60. The van der Waals surface area contributed by atoms with E-state index in [2.05, 4.69) is 0 Å². The van der Waals surface area contributed by atoms with Gasteiger partial charge >= 0.3 is 5.97 Å². The van der Waals surface area contributed by atoms with E-state index < -0.39 is 18.0 Å². The molecule has 3 nitrogen and oxygen atoms in total. The molecular weight excluding hydrogens is 168 g/mol. The van der Waals surface area contributed by atoms with E-state index in [-0.39, 0.29) is 5.92 Å². The van der Waals surface area contributed by atoms with Gasteiger partial charge < -0.3 is 10.2 Å². The monoisotopic (exact) mass is 186 g/mol. The Morgan fingerprint density at radius 1 is 1.46 bits per heavy atom. The van der Waals surface area contributed by atoms with Gasteiger partial charge in [0.1, 0.15) is 0 Å². The first kappa shape index (κ1) is 10.5. The van der Waals surface area contributed by atoms with E-state index in [0.717, 1.165) is 25.7 Å². The summed E-state index contributed by atoms with van der Waals surface area (Å²) < 4.78 is 0. The van der Waals surface area contributed by atoms with Gasteiger partial charge in [0, 0.05) is 0 Å². The van der Waals surface area contributed by atoms with Crippen LogP contribution in [0.3, 0.4) is 0 Å². The molecule has 2 unspecified atom stereocenters. The normalized spacial score (nSPS) is 22.9. The molecule has 0 spiro atoms. The molecule has 0 amide bonds. The van der Waals surface area contributed by atoms with Crippen LogP contribution in [0.1, 0.15) is 39.0 Å². The number of hydrogen-bond acceptors (Lipinski definition) is 2. The van der Waals surface area contributed by atoms with E-state index in [1.807, 2.05) is 6.92 Å². The summed E-state index contributed by atoms with van der Waals surface area (Å²) in [5, 5.41) is 18.5. The molecule has 1 saturated carbocycles. The van der Waals surface area contributed by atoms with Crippen molar-refractivity contribution in [2.45, 2.75) is 45.1 Å². The van der Waals surface area contributed by atoms with Crippen molar-refractivity contribution in [2.75, 3.05) is 0 Å². The van der Waals surface area contributed by atoms with E-state index in [1.54, 1.807) is 0 Å². The van der Waals surface area contributed by atoms with Crippen molar-refractivity contribution in [3.05, 3.63) is 0 Å². The Morgan fingerprint density at radius 3 is 2.38 bits per heavy atom. The summed E-state index contributed by atoms with van der Waals surface area (Å²) in [6.45, 7) is 1.83. The molecule has 3 heteroatoms. The molecule has 1 aliphatic carbocycles. The first-order valence-electron chi connectivity index (χ1n) is 5.07. The quantitative estimate of drug-likeness (QED) is 0.701. The largest absolute Gasteiger partial charge is 0.481 e. The Bertz CT molecular complexity index is 173. The lowest BCUT2D eigenvalue weighted by atomic mass is 9.85. The number of rotatable bonds is 4. The maximum Gasteiger partial charge on any atom is 0.309 e. The summed E-state index contributed by atoms with van der Waals surface area (Å²) in [5.41, 5.74) is 0. The molecule has 0 aromatic carbocycles. The van der Waals surface area contributed by atoms with E-state index in [1.165, 1.54) is 0 Å². The van der Waals surface area contributed by atoms with Crippen molar-refractivity contribution in [2.24, 2.45) is 11.8 Å². The van der Waals surface area contributed by atoms with Gasteiger partial charge in [-0.05, 0) is 25.2 Å². The van der Waals surface area contributed by atoms with Crippen molar-refractivity contribution in [3.63, 3.8) is 0 Å². The van der Waals surface area contributed by atoms with Crippen LogP contribution in [0.4, 0.5) is 0 Å². The maximum atomic E-state index is 10.9. The van der Waals surface area contributed by atoms with Gasteiger partial charge in [0.25, 0.3) is 0 Å². The van der Waals surface area contributed by atoms with Gasteiger partial charge in [-0.1, -0.05) is 19.8 Å². The number of carboxylic acid groups (broad SMARTS) is 1. The van der Waals surface area contributed by atoms with Gasteiger partial charge in [0.05, 0.1) is 12.0 Å². The summed E-state index contributed by atoms with van der Waals surface area (Å²) in [4.78, 5) is 10.9. The second kappa shape index (κ2) is 4.61. The van der Waals surface area contributed by atoms with Gasteiger partial charge in [-0.2, -0.15) is 0 Å². The predicted octanol–water partition coefficient (Wildman–Crippen LogP) is 1.65. The number of aliphatic carboxylic acids is 1. The summed E-state index contributed by atoms with van der Waals surface area (Å²) in [7, 11) is 0. The first-order valence-corrected chi connectivity index (χ1v) is 5.07. The highest BCUT2D eigenvalue weighted by Gasteiger charge is 2.34. The summed E-state index contributed by atoms with van der Waals surface area (Å²) in [6.07, 6.45) is 4.03. The zero-order valence-corrected chi connectivity index (χ0v) is 8.07. The standard InChI is InChI=1S/C10H18O3/c1-2-8(11)9(10(12)13)7-5-3-4-6-7/h7-9,11H,2-6H2,1H3,(H,12,13). The number of hydrogen-bond donors (Lipinski definition) is 2. The molecule has 1 rings (SSSR count). The molecule has 1 fully saturated rings. The van der Waals surface area contributed by atoms with Gasteiger partial charge in [0.15, 0.2) is 0 Å². The molecule has 0 aliphatic heterocycles. The summed E-state index contributed by atoms with van der Waals surface area (Å²) >= 11 is 0. The topological polar surface area (TPSA) is 57.5 Å². The molecule has 0 saturated heterocycles. The molecule has 1 aliphatic rings. The Hall–Kier alpha value is -0.570. The van der Waals surface area contributed by atoms with Crippen molar-refractivity contribution in [3.8, 4) is 0 Å². The van der Waals surface area contributed by atoms with E-state index >= 15 is 0 Å². The van der Waals surface area contributed by atoms with Gasteiger partial charge in [-0.25, -0.2) is 0 Å². The SMILES string of the molecule is CCC(O)C(C(=O)O)C1CCCC1. The smallest absolute Gasteiger partial charge is 0.309 e. The van der Waals surface area contributed by atoms with Crippen LogP contribution in [0, 0.1) is 11.8 Å². The third kappa shape index (κ3) is 2.44. The lowest BCUT2D eigenvalue weighted by molar-refractivity contribution is -0.148. The van der Waals surface area contributed by atoms with Crippen LogP contribution in [-0.4, -0.2) is 22.3 Å². The highest BCUT2D eigenvalue weighted by atomic mass is 16.4. The molecule has 0 heterocycles. The molecule has 76 valence electrons. The fraction of sp³-hybridized carbons (Fsp3) is 0.900. The minimum absolute atomic E-state index is 0.201. The van der Waals surface area contributed by atoms with Crippen LogP contribution >= 0.6 is 0 Å². The van der Waals surface area contributed by atoms with Gasteiger partial charge in [-0.3, -0.25) is 4.79 Å². The minimum Gasteiger partial charge on any atom is -0.481 e. The lowest BCUT2D eigenvalue weighted by Crippen LogP contribution is -2.33. The third-order valence-electron chi connectivity index (χ3n) is 3.03. The van der Waals surface area contributed by atoms with Crippen LogP contribution in [0.2, 0.25) is 0 Å².